The number of hydrogen-bond donors (Lipinski definition) is 1. The van der Waals surface area contributed by atoms with E-state index in [0.29, 0.717) is 11.2 Å². The summed E-state index contributed by atoms with van der Waals surface area (Å²) in [6.07, 6.45) is 0. The summed E-state index contributed by atoms with van der Waals surface area (Å²) in [4.78, 5) is 9.70. The van der Waals surface area contributed by atoms with Gasteiger partial charge in [-0.3, -0.25) is 4.99 Å². The van der Waals surface area contributed by atoms with Gasteiger partial charge in [-0.25, -0.2) is 4.99 Å². The molecule has 14 rings (SSSR count). The number of nitrogens with zero attached hydrogens (tertiary/aromatic N) is 2. The SMILES string of the molecule is [B]c1c([B])c([B])c(C(N)=NC(=NCc2cccc3oc4ccc(-c5cccc6oc7ccc(-c8cccc9c8-c8ccccc8C98c9ccccc9-c9ccccc98)cc7c56)cc4c23)c2c([B])c([B])c([B])c([B])c2[B])c([B])c1[B]. The summed E-state index contributed by atoms with van der Waals surface area (Å²) < 4.78 is 13.2. The molecule has 0 saturated heterocycles. The molecule has 2 aliphatic carbocycles. The summed E-state index contributed by atoms with van der Waals surface area (Å²) in [5.74, 6) is -0.266. The normalized spacial score (nSPS) is 13.4. The average molecular weight is 982 g/mol. The fourth-order valence-electron chi connectivity index (χ4n) is 12.5. The molecule has 12 aromatic rings. The van der Waals surface area contributed by atoms with Gasteiger partial charge in [0, 0.05) is 32.7 Å². The van der Waals surface area contributed by atoms with Crippen LogP contribution in [0.15, 0.2) is 183 Å². The average Bonchev–Trinajstić information content (AvgIpc) is 4.09. The van der Waals surface area contributed by atoms with Crippen molar-refractivity contribution in [3.8, 4) is 44.5 Å². The van der Waals surface area contributed by atoms with Gasteiger partial charge in [0.1, 0.15) is 107 Å². The molecule has 5 nitrogen and oxygen atoms in total. The van der Waals surface area contributed by atoms with Crippen LogP contribution >= 0.6 is 0 Å². The maximum absolute atomic E-state index is 6.68. The summed E-state index contributed by atoms with van der Waals surface area (Å²) in [6.45, 7) is 0.0148. The minimum absolute atomic E-state index is 0.00808. The largest absolute Gasteiger partial charge is 0.456 e. The lowest BCUT2D eigenvalue weighted by atomic mass is 9.60. The van der Waals surface area contributed by atoms with Crippen LogP contribution in [0.5, 0.6) is 0 Å². The second kappa shape index (κ2) is 18.1. The first kappa shape index (κ1) is 48.9. The van der Waals surface area contributed by atoms with Crippen LogP contribution in [0.25, 0.3) is 88.4 Å². The molecule has 1 spiro atoms. The smallest absolute Gasteiger partial charge is 0.156 e. The van der Waals surface area contributed by atoms with E-state index in [-0.39, 0.29) is 84.0 Å². The van der Waals surface area contributed by atoms with Crippen molar-refractivity contribution in [1.29, 1.82) is 0 Å². The highest BCUT2D eigenvalue weighted by Crippen LogP contribution is 2.64. The van der Waals surface area contributed by atoms with Crippen LogP contribution < -0.4 is 60.4 Å². The third-order valence-electron chi connectivity index (χ3n) is 16.2. The molecule has 2 aliphatic rings. The van der Waals surface area contributed by atoms with Gasteiger partial charge in [-0.15, -0.1) is 32.8 Å². The first-order valence-electron chi connectivity index (χ1n) is 25.5. The van der Waals surface area contributed by atoms with E-state index in [1.807, 2.05) is 36.4 Å². The lowest BCUT2D eigenvalue weighted by Crippen LogP contribution is -2.58. The van der Waals surface area contributed by atoms with Gasteiger partial charge in [-0.2, -0.15) is 0 Å². The van der Waals surface area contributed by atoms with Gasteiger partial charge in [0.2, 0.25) is 0 Å². The molecule has 0 atom stereocenters. The molecular formula is C64H31B10N3O2. The van der Waals surface area contributed by atoms with Crippen LogP contribution in [0.2, 0.25) is 0 Å². The van der Waals surface area contributed by atoms with Gasteiger partial charge in [-0.1, -0.05) is 149 Å². The molecule has 2 aromatic heterocycles. The van der Waals surface area contributed by atoms with E-state index in [1.165, 1.54) is 44.5 Å². The second-order valence-electron chi connectivity index (χ2n) is 20.2. The summed E-state index contributed by atoms with van der Waals surface area (Å²) in [6, 6.07) is 58.1. The molecule has 344 valence electrons. The van der Waals surface area contributed by atoms with Crippen molar-refractivity contribution >= 4 is 189 Å². The summed E-state index contributed by atoms with van der Waals surface area (Å²) in [5, 5.41) is 3.65. The van der Waals surface area contributed by atoms with Crippen LogP contribution in [0, 0.1) is 0 Å². The number of fused-ring (bicyclic) bond motifs is 16. The first-order chi connectivity index (χ1) is 38.3. The molecule has 20 radical (unpaired) electrons. The van der Waals surface area contributed by atoms with Gasteiger partial charge in [0.15, 0.2) is 5.84 Å². The predicted molar refractivity (Wildman–Crippen MR) is 336 cm³/mol. The molecule has 0 aliphatic heterocycles. The topological polar surface area (TPSA) is 77.0 Å². The monoisotopic (exact) mass is 983 g/mol. The number of benzene rings is 10. The Labute approximate surface area is 469 Å². The van der Waals surface area contributed by atoms with Crippen LogP contribution in [-0.2, 0) is 12.0 Å². The van der Waals surface area contributed by atoms with Crippen molar-refractivity contribution in [2.75, 3.05) is 0 Å². The van der Waals surface area contributed by atoms with E-state index >= 15 is 0 Å². The molecule has 15 heteroatoms. The molecule has 0 amide bonds. The Bertz CT molecular complexity index is 4650. The molecule has 79 heavy (non-hydrogen) atoms. The number of hydrogen-bond acceptors (Lipinski definition) is 3. The number of furan rings is 2. The molecule has 0 saturated carbocycles. The van der Waals surface area contributed by atoms with Crippen LogP contribution in [0.4, 0.5) is 0 Å². The van der Waals surface area contributed by atoms with Crippen molar-refractivity contribution < 1.29 is 8.83 Å². The fourth-order valence-corrected chi connectivity index (χ4v) is 12.5. The number of rotatable bonds is 6. The Kier molecular flexibility index (Phi) is 11.2. The quantitative estimate of drug-likeness (QED) is 0.158. The molecule has 0 bridgehead atoms. The van der Waals surface area contributed by atoms with Crippen LogP contribution in [0.1, 0.15) is 38.9 Å². The number of nitrogens with two attached hydrogens (primary N) is 1. The van der Waals surface area contributed by atoms with Gasteiger partial charge < -0.3 is 14.6 Å². The molecule has 10 aromatic carbocycles. The molecule has 2 heterocycles. The maximum Gasteiger partial charge on any atom is 0.156 e. The highest BCUT2D eigenvalue weighted by Gasteiger charge is 2.52. The van der Waals surface area contributed by atoms with Crippen molar-refractivity contribution in [2.24, 2.45) is 15.7 Å². The van der Waals surface area contributed by atoms with E-state index in [4.69, 9.17) is 103 Å². The van der Waals surface area contributed by atoms with E-state index in [1.54, 1.807) is 0 Å². The lowest BCUT2D eigenvalue weighted by Gasteiger charge is -2.30. The van der Waals surface area contributed by atoms with Gasteiger partial charge in [-0.05, 0) is 109 Å². The highest BCUT2D eigenvalue weighted by molar-refractivity contribution is 6.70. The lowest BCUT2D eigenvalue weighted by molar-refractivity contribution is 0.668. The summed E-state index contributed by atoms with van der Waals surface area (Å²) in [7, 11) is 63.6. The molecule has 0 unspecified atom stereocenters. The Hall–Kier alpha value is -8.41. The summed E-state index contributed by atoms with van der Waals surface area (Å²) in [5.41, 5.74) is 24.2. The van der Waals surface area contributed by atoms with Crippen molar-refractivity contribution in [3.63, 3.8) is 0 Å². The second-order valence-corrected chi connectivity index (χ2v) is 20.2. The predicted octanol–water partition coefficient (Wildman–Crippen LogP) is 3.45. The Morgan fingerprint density at radius 2 is 0.823 bits per heavy atom. The van der Waals surface area contributed by atoms with Gasteiger partial charge in [0.25, 0.3) is 0 Å². The van der Waals surface area contributed by atoms with Crippen LogP contribution in [0.3, 0.4) is 0 Å². The van der Waals surface area contributed by atoms with Crippen molar-refractivity contribution in [3.05, 3.63) is 203 Å². The number of amidine groups is 2. The van der Waals surface area contributed by atoms with Crippen LogP contribution in [-0.4, -0.2) is 90.1 Å². The van der Waals surface area contributed by atoms with Gasteiger partial charge in [0.05, 0.1) is 12.0 Å². The number of aliphatic imine (C=N–C) groups is 2. The third-order valence-corrected chi connectivity index (χ3v) is 16.2. The molecule has 0 fully saturated rings. The summed E-state index contributed by atoms with van der Waals surface area (Å²) >= 11 is 0. The fraction of sp³-hybridized carbons (Fsp3) is 0.0312. The minimum atomic E-state index is -0.462. The first-order valence-corrected chi connectivity index (χ1v) is 25.5. The van der Waals surface area contributed by atoms with Gasteiger partial charge >= 0.3 is 0 Å². The van der Waals surface area contributed by atoms with E-state index in [2.05, 4.69) is 127 Å². The van der Waals surface area contributed by atoms with Crippen molar-refractivity contribution in [1.82, 2.24) is 0 Å². The Balaban J connectivity index is 0.906. The zero-order valence-corrected chi connectivity index (χ0v) is 42.4. The highest BCUT2D eigenvalue weighted by atomic mass is 16.3. The standard InChI is InChI=1S/C64H31B10N3O2/c65-52-50(53(66)57(70)60(73)56(52)69)62(75)77-63(51-54(67)58(71)61(74)59(72)55(51)68)76-28-31-10-7-20-45-47(31)37-26-30(23-24-43(37)78-45)33-15-9-21-46-49(33)38-27-29(22-25-44(38)79-46)32-14-8-19-42-48(32)36-13-3-6-18-41(36)64(42)39-16-4-1-11-34(39)35-12-2-5-17-40(35)64/h1-27H,28H2,(H2,75,76,77). The minimum Gasteiger partial charge on any atom is -0.456 e. The van der Waals surface area contributed by atoms with Crippen molar-refractivity contribution in [2.45, 2.75) is 12.0 Å². The zero-order valence-electron chi connectivity index (χ0n) is 42.4. The van der Waals surface area contributed by atoms with E-state index < -0.39 is 5.41 Å². The zero-order chi connectivity index (χ0) is 54.3. The molecule has 2 N–H and O–H groups in total. The maximum atomic E-state index is 6.68. The van der Waals surface area contributed by atoms with E-state index in [9.17, 15) is 0 Å². The van der Waals surface area contributed by atoms with E-state index in [0.717, 1.165) is 60.5 Å². The molecular weight excluding hydrogens is 951 g/mol. The third kappa shape index (κ3) is 6.97. The Morgan fingerprint density at radius 3 is 1.42 bits per heavy atom. The Morgan fingerprint density at radius 1 is 0.392 bits per heavy atom.